The Hall–Kier alpha value is -3.35. The molecule has 3 aromatic carbocycles. The molecule has 1 heterocycles. The Balaban J connectivity index is 1.49. The second-order valence-corrected chi connectivity index (χ2v) is 10.6. The van der Waals surface area contributed by atoms with E-state index in [1.54, 1.807) is 31.2 Å². The molecule has 0 radical (unpaired) electrons. The van der Waals surface area contributed by atoms with Gasteiger partial charge in [-0.25, -0.2) is 4.39 Å². The Morgan fingerprint density at radius 1 is 1.03 bits per heavy atom. The minimum atomic E-state index is -4.50. The number of fused-ring (bicyclic) bond motifs is 1. The van der Waals surface area contributed by atoms with Crippen LogP contribution in [-0.2, 0) is 11.2 Å². The molecule has 1 aliphatic heterocycles. The molecule has 0 spiro atoms. The second-order valence-electron chi connectivity index (χ2n) is 10.6. The van der Waals surface area contributed by atoms with Crippen molar-refractivity contribution in [1.82, 2.24) is 0 Å². The molecule has 3 atom stereocenters. The predicted molar refractivity (Wildman–Crippen MR) is 137 cm³/mol. The zero-order valence-electron chi connectivity index (χ0n) is 21.3. The number of carboxylic acids is 1. The van der Waals surface area contributed by atoms with E-state index in [0.29, 0.717) is 30.1 Å². The van der Waals surface area contributed by atoms with E-state index in [9.17, 15) is 27.5 Å². The van der Waals surface area contributed by atoms with Gasteiger partial charge in [-0.3, -0.25) is 4.79 Å². The lowest BCUT2D eigenvalue weighted by atomic mass is 9.86. The molecule has 2 unspecified atom stereocenters. The van der Waals surface area contributed by atoms with Gasteiger partial charge >= 0.3 is 12.1 Å². The molecule has 5 rings (SSSR count). The summed E-state index contributed by atoms with van der Waals surface area (Å²) in [5.41, 5.74) is 3.66. The molecule has 0 bridgehead atoms. The van der Waals surface area contributed by atoms with Gasteiger partial charge in [0.1, 0.15) is 17.7 Å². The summed E-state index contributed by atoms with van der Waals surface area (Å²) < 4.78 is 62.7. The lowest BCUT2D eigenvalue weighted by Gasteiger charge is -2.29. The van der Waals surface area contributed by atoms with Crippen molar-refractivity contribution < 1.29 is 32.2 Å². The van der Waals surface area contributed by atoms with Gasteiger partial charge in [-0.15, -0.1) is 0 Å². The predicted octanol–water partition coefficient (Wildman–Crippen LogP) is 8.50. The van der Waals surface area contributed by atoms with Crippen LogP contribution in [-0.4, -0.2) is 17.3 Å². The Morgan fingerprint density at radius 2 is 1.79 bits per heavy atom. The molecule has 0 aromatic heterocycles. The van der Waals surface area contributed by atoms with Crippen LogP contribution in [0.3, 0.4) is 0 Å². The van der Waals surface area contributed by atoms with Crippen molar-refractivity contribution in [2.45, 2.75) is 70.1 Å². The molecular formula is C31H30F4O3. The normalized spacial score (nSPS) is 18.8. The van der Waals surface area contributed by atoms with Crippen molar-refractivity contribution in [3.63, 3.8) is 0 Å². The topological polar surface area (TPSA) is 46.5 Å². The molecular weight excluding hydrogens is 496 g/mol. The smallest absolute Gasteiger partial charge is 0.395 e. The van der Waals surface area contributed by atoms with E-state index in [1.165, 1.54) is 12.1 Å². The zero-order chi connectivity index (χ0) is 27.2. The van der Waals surface area contributed by atoms with Crippen molar-refractivity contribution in [1.29, 1.82) is 0 Å². The molecule has 1 aliphatic carbocycles. The standard InChI is InChI=1S/C31H30F4O3/c1-17-3-11-27(32)26(13-17)23-10-8-22(14-24(23)18(2)31(33,34)35)28-12-9-20-6-7-21(15-29(20)38-28)25(16-30(36)37)19-4-5-19/h3,6-8,10-11,13-15,18-19,25,28H,4-5,9,12,16H2,1-2H3,(H,36,37)/t18?,25-,28?/m0/s1. The SMILES string of the molecule is Cc1ccc(F)c(-c2ccc(C3CCc4ccc([C@@H](CC(=O)O)C5CC5)cc4O3)cc2C(C)C(F)(F)F)c1. The van der Waals surface area contributed by atoms with Crippen molar-refractivity contribution in [2.24, 2.45) is 5.92 Å². The van der Waals surface area contributed by atoms with E-state index in [-0.39, 0.29) is 29.0 Å². The van der Waals surface area contributed by atoms with Crippen LogP contribution in [0.5, 0.6) is 5.75 Å². The fourth-order valence-corrected chi connectivity index (χ4v) is 5.50. The number of aliphatic carboxylic acids is 1. The third kappa shape index (κ3) is 5.42. The molecule has 1 fully saturated rings. The number of alkyl halides is 3. The van der Waals surface area contributed by atoms with E-state index >= 15 is 0 Å². The van der Waals surface area contributed by atoms with Gasteiger partial charge in [-0.05, 0) is 97.4 Å². The number of aryl methyl sites for hydroxylation is 2. The maximum absolute atomic E-state index is 14.7. The van der Waals surface area contributed by atoms with Crippen LogP contribution in [0.2, 0.25) is 0 Å². The summed E-state index contributed by atoms with van der Waals surface area (Å²) >= 11 is 0. The van der Waals surface area contributed by atoms with Crippen LogP contribution in [0.25, 0.3) is 11.1 Å². The number of carboxylic acid groups (broad SMARTS) is 1. The molecule has 0 saturated heterocycles. The molecule has 2 aliphatic rings. The Bertz CT molecular complexity index is 1360. The summed E-state index contributed by atoms with van der Waals surface area (Å²) in [6.45, 7) is 2.87. The van der Waals surface area contributed by atoms with Crippen LogP contribution < -0.4 is 4.74 Å². The third-order valence-corrected chi connectivity index (χ3v) is 7.87. The van der Waals surface area contributed by atoms with Crippen molar-refractivity contribution in [3.8, 4) is 16.9 Å². The van der Waals surface area contributed by atoms with E-state index in [2.05, 4.69) is 0 Å². The fourth-order valence-electron chi connectivity index (χ4n) is 5.50. The first-order valence-corrected chi connectivity index (χ1v) is 13.0. The molecule has 0 amide bonds. The maximum Gasteiger partial charge on any atom is 0.395 e. The fraction of sp³-hybridized carbons (Fsp3) is 0.387. The highest BCUT2D eigenvalue weighted by Crippen LogP contribution is 2.47. The van der Waals surface area contributed by atoms with Crippen molar-refractivity contribution in [2.75, 3.05) is 0 Å². The van der Waals surface area contributed by atoms with Gasteiger partial charge in [0.15, 0.2) is 0 Å². The van der Waals surface area contributed by atoms with E-state index < -0.39 is 30.0 Å². The van der Waals surface area contributed by atoms with Crippen LogP contribution in [0.1, 0.15) is 78.4 Å². The summed E-state index contributed by atoms with van der Waals surface area (Å²) in [7, 11) is 0. The van der Waals surface area contributed by atoms with Gasteiger partial charge in [-0.1, -0.05) is 42.0 Å². The average Bonchev–Trinajstić information content (AvgIpc) is 3.72. The number of halogens is 4. The van der Waals surface area contributed by atoms with Gasteiger partial charge < -0.3 is 9.84 Å². The highest BCUT2D eigenvalue weighted by atomic mass is 19.4. The lowest BCUT2D eigenvalue weighted by molar-refractivity contribution is -0.146. The highest BCUT2D eigenvalue weighted by molar-refractivity contribution is 5.70. The minimum Gasteiger partial charge on any atom is -0.485 e. The average molecular weight is 527 g/mol. The first kappa shape index (κ1) is 26.3. The van der Waals surface area contributed by atoms with Crippen LogP contribution in [0.4, 0.5) is 17.6 Å². The Morgan fingerprint density at radius 3 is 2.47 bits per heavy atom. The molecule has 1 saturated carbocycles. The molecule has 1 N–H and O–H groups in total. The first-order valence-electron chi connectivity index (χ1n) is 13.0. The molecule has 200 valence electrons. The van der Waals surface area contributed by atoms with Crippen molar-refractivity contribution in [3.05, 3.63) is 88.2 Å². The molecule has 7 heteroatoms. The van der Waals surface area contributed by atoms with Crippen LogP contribution in [0.15, 0.2) is 54.6 Å². The lowest BCUT2D eigenvalue weighted by Crippen LogP contribution is -2.20. The van der Waals surface area contributed by atoms with Gasteiger partial charge in [0.2, 0.25) is 0 Å². The summed E-state index contributed by atoms with van der Waals surface area (Å²) in [6.07, 6.45) is -1.61. The second kappa shape index (κ2) is 10.1. The largest absolute Gasteiger partial charge is 0.485 e. The number of rotatable bonds is 7. The number of carbonyl (C=O) groups is 1. The number of ether oxygens (including phenoxy) is 1. The molecule has 38 heavy (non-hydrogen) atoms. The van der Waals surface area contributed by atoms with Gasteiger partial charge in [0.25, 0.3) is 0 Å². The number of hydrogen-bond acceptors (Lipinski definition) is 2. The summed E-state index contributed by atoms with van der Waals surface area (Å²) in [5.74, 6) is -2.28. The minimum absolute atomic E-state index is 0.0119. The monoisotopic (exact) mass is 526 g/mol. The van der Waals surface area contributed by atoms with Crippen LogP contribution in [0, 0.1) is 18.7 Å². The maximum atomic E-state index is 14.7. The molecule has 3 aromatic rings. The third-order valence-electron chi connectivity index (χ3n) is 7.87. The van der Waals surface area contributed by atoms with E-state index in [1.807, 2.05) is 18.2 Å². The quantitative estimate of drug-likeness (QED) is 0.314. The number of hydrogen-bond donors (Lipinski definition) is 1. The highest BCUT2D eigenvalue weighted by Gasteiger charge is 2.39. The van der Waals surface area contributed by atoms with E-state index in [0.717, 1.165) is 36.5 Å². The van der Waals surface area contributed by atoms with E-state index in [4.69, 9.17) is 4.74 Å². The molecule has 3 nitrogen and oxygen atoms in total. The summed E-state index contributed by atoms with van der Waals surface area (Å²) in [5, 5.41) is 9.38. The van der Waals surface area contributed by atoms with Gasteiger partial charge in [0.05, 0.1) is 12.3 Å². The van der Waals surface area contributed by atoms with Gasteiger partial charge in [0, 0.05) is 5.56 Å². The Kier molecular flexibility index (Phi) is 6.97. The Labute approximate surface area is 219 Å². The summed E-state index contributed by atoms with van der Waals surface area (Å²) in [6, 6.07) is 15.1. The summed E-state index contributed by atoms with van der Waals surface area (Å²) in [4.78, 5) is 11.4. The van der Waals surface area contributed by atoms with Crippen molar-refractivity contribution >= 4 is 5.97 Å². The zero-order valence-corrected chi connectivity index (χ0v) is 21.3. The van der Waals surface area contributed by atoms with Crippen LogP contribution >= 0.6 is 0 Å². The number of benzene rings is 3. The van der Waals surface area contributed by atoms with Gasteiger partial charge in [-0.2, -0.15) is 13.2 Å². The first-order chi connectivity index (χ1) is 18.0.